The van der Waals surface area contributed by atoms with Crippen molar-refractivity contribution in [3.63, 3.8) is 0 Å². The Hall–Kier alpha value is -0.0800. The van der Waals surface area contributed by atoms with Gasteiger partial charge >= 0.3 is 0 Å². The first kappa shape index (κ1) is 11.0. The largest absolute Gasteiger partial charge is 0.393 e. The van der Waals surface area contributed by atoms with E-state index in [1.54, 1.807) is 0 Å². The Bertz CT molecular complexity index is 153. The van der Waals surface area contributed by atoms with Crippen molar-refractivity contribution in [1.82, 2.24) is 0 Å². The number of aliphatic hydroxyl groups excluding tert-OH is 1. The van der Waals surface area contributed by atoms with Gasteiger partial charge < -0.3 is 9.84 Å². The lowest BCUT2D eigenvalue weighted by molar-refractivity contribution is -0.111. The molecule has 1 aliphatic carbocycles. The molecular weight excluding hydrogens is 164 g/mol. The molecular formula is C11H22O2. The maximum atomic E-state index is 9.32. The van der Waals surface area contributed by atoms with Crippen LogP contribution in [0.4, 0.5) is 0 Å². The van der Waals surface area contributed by atoms with Crippen LogP contribution in [0.25, 0.3) is 0 Å². The number of rotatable bonds is 3. The van der Waals surface area contributed by atoms with E-state index in [0.717, 1.165) is 25.7 Å². The lowest BCUT2D eigenvalue weighted by atomic mass is 9.71. The topological polar surface area (TPSA) is 29.5 Å². The molecule has 1 N–H and O–H groups in total. The average Bonchev–Trinajstić information content (AvgIpc) is 2.10. The summed E-state index contributed by atoms with van der Waals surface area (Å²) in [5.41, 5.74) is 0.222. The van der Waals surface area contributed by atoms with E-state index in [1.807, 2.05) is 6.92 Å². The highest BCUT2D eigenvalue weighted by Gasteiger charge is 2.38. The molecule has 0 radical (unpaired) electrons. The molecule has 1 rings (SSSR count). The highest BCUT2D eigenvalue weighted by Crippen LogP contribution is 2.41. The van der Waals surface area contributed by atoms with E-state index in [0.29, 0.717) is 12.0 Å². The predicted octanol–water partition coefficient (Wildman–Crippen LogP) is 2.35. The highest BCUT2D eigenvalue weighted by atomic mass is 16.5. The van der Waals surface area contributed by atoms with Gasteiger partial charge in [0.1, 0.15) is 0 Å². The molecule has 2 nitrogen and oxygen atoms in total. The number of hydrogen-bond donors (Lipinski definition) is 1. The van der Waals surface area contributed by atoms with Crippen molar-refractivity contribution in [2.24, 2.45) is 5.41 Å². The van der Waals surface area contributed by atoms with Gasteiger partial charge in [-0.15, -0.1) is 0 Å². The maximum Gasteiger partial charge on any atom is 0.0912 e. The Kier molecular flexibility index (Phi) is 3.36. The molecule has 0 atom stereocenters. The first-order chi connectivity index (χ1) is 6.04. The molecule has 0 aromatic rings. The van der Waals surface area contributed by atoms with Gasteiger partial charge in [0.25, 0.3) is 0 Å². The van der Waals surface area contributed by atoms with Crippen molar-refractivity contribution in [1.29, 1.82) is 0 Å². The first-order valence-corrected chi connectivity index (χ1v) is 5.28. The zero-order valence-corrected chi connectivity index (χ0v) is 9.10. The molecule has 2 heteroatoms. The Balaban J connectivity index is 2.52. The lowest BCUT2D eigenvalue weighted by Crippen LogP contribution is -2.42. The summed E-state index contributed by atoms with van der Waals surface area (Å²) in [4.78, 5) is 0. The minimum atomic E-state index is -0.218. The van der Waals surface area contributed by atoms with Crippen molar-refractivity contribution < 1.29 is 9.84 Å². The van der Waals surface area contributed by atoms with Gasteiger partial charge in [-0.3, -0.25) is 0 Å². The fourth-order valence-corrected chi connectivity index (χ4v) is 2.04. The summed E-state index contributed by atoms with van der Waals surface area (Å²) in [7, 11) is 0. The van der Waals surface area contributed by atoms with Crippen molar-refractivity contribution in [3.8, 4) is 0 Å². The van der Waals surface area contributed by atoms with Crippen LogP contribution < -0.4 is 0 Å². The average molecular weight is 186 g/mol. The monoisotopic (exact) mass is 186 g/mol. The maximum absolute atomic E-state index is 9.32. The van der Waals surface area contributed by atoms with Crippen molar-refractivity contribution in [2.75, 3.05) is 13.2 Å². The minimum absolute atomic E-state index is 0.178. The van der Waals surface area contributed by atoms with E-state index in [9.17, 15) is 5.11 Å². The summed E-state index contributed by atoms with van der Waals surface area (Å²) in [5.74, 6) is 0. The van der Waals surface area contributed by atoms with Crippen LogP contribution in [0.2, 0.25) is 0 Å². The number of ether oxygens (including phenoxy) is 1. The quantitative estimate of drug-likeness (QED) is 0.733. The fraction of sp³-hybridized carbons (Fsp3) is 1.00. The molecule has 0 bridgehead atoms. The Morgan fingerprint density at radius 2 is 1.69 bits per heavy atom. The minimum Gasteiger partial charge on any atom is -0.393 e. The zero-order chi connectivity index (χ0) is 9.95. The molecule has 0 spiro atoms. The SMILES string of the molecule is CCOC1(CO)CCC(C)(C)CC1. The molecule has 0 unspecified atom stereocenters. The van der Waals surface area contributed by atoms with E-state index >= 15 is 0 Å². The van der Waals surface area contributed by atoms with Gasteiger partial charge in [-0.05, 0) is 38.0 Å². The third-order valence-corrected chi connectivity index (χ3v) is 3.25. The molecule has 0 aliphatic heterocycles. The Morgan fingerprint density at radius 3 is 2.08 bits per heavy atom. The normalized spacial score (nSPS) is 25.8. The van der Waals surface area contributed by atoms with Gasteiger partial charge in [-0.2, -0.15) is 0 Å². The standard InChI is InChI=1S/C11H22O2/c1-4-13-11(9-12)7-5-10(2,3)6-8-11/h12H,4-9H2,1-3H3. The fourth-order valence-electron chi connectivity index (χ4n) is 2.04. The highest BCUT2D eigenvalue weighted by molar-refractivity contribution is 4.90. The van der Waals surface area contributed by atoms with E-state index < -0.39 is 0 Å². The molecule has 0 heterocycles. The van der Waals surface area contributed by atoms with Gasteiger partial charge in [0, 0.05) is 6.61 Å². The van der Waals surface area contributed by atoms with E-state index in [1.165, 1.54) is 0 Å². The van der Waals surface area contributed by atoms with Crippen LogP contribution in [0.1, 0.15) is 46.5 Å². The van der Waals surface area contributed by atoms with Crippen molar-refractivity contribution >= 4 is 0 Å². The summed E-state index contributed by atoms with van der Waals surface area (Å²) in [6, 6.07) is 0. The van der Waals surface area contributed by atoms with Crippen LogP contribution >= 0.6 is 0 Å². The molecule has 1 aliphatic rings. The van der Waals surface area contributed by atoms with Crippen molar-refractivity contribution in [2.45, 2.75) is 52.1 Å². The summed E-state index contributed by atoms with van der Waals surface area (Å²) < 4.78 is 5.66. The van der Waals surface area contributed by atoms with Gasteiger partial charge in [0.2, 0.25) is 0 Å². The molecule has 0 aromatic heterocycles. The van der Waals surface area contributed by atoms with Crippen LogP contribution in [0.15, 0.2) is 0 Å². The van der Waals surface area contributed by atoms with Crippen LogP contribution in [0.3, 0.4) is 0 Å². The van der Waals surface area contributed by atoms with Crippen LogP contribution in [-0.4, -0.2) is 23.9 Å². The van der Waals surface area contributed by atoms with E-state index in [-0.39, 0.29) is 12.2 Å². The third kappa shape index (κ3) is 2.68. The van der Waals surface area contributed by atoms with Crippen LogP contribution in [-0.2, 0) is 4.74 Å². The Labute approximate surface area is 81.3 Å². The zero-order valence-electron chi connectivity index (χ0n) is 9.10. The van der Waals surface area contributed by atoms with E-state index in [2.05, 4.69) is 13.8 Å². The van der Waals surface area contributed by atoms with Gasteiger partial charge in [-0.25, -0.2) is 0 Å². The molecule has 0 amide bonds. The number of hydrogen-bond acceptors (Lipinski definition) is 2. The summed E-state index contributed by atoms with van der Waals surface area (Å²) in [6.07, 6.45) is 4.33. The van der Waals surface area contributed by atoms with Gasteiger partial charge in [0.05, 0.1) is 12.2 Å². The third-order valence-electron chi connectivity index (χ3n) is 3.25. The number of aliphatic hydroxyl groups is 1. The van der Waals surface area contributed by atoms with Crippen molar-refractivity contribution in [3.05, 3.63) is 0 Å². The second-order valence-corrected chi connectivity index (χ2v) is 4.94. The summed E-state index contributed by atoms with van der Waals surface area (Å²) in [6.45, 7) is 7.47. The molecule has 1 fully saturated rings. The molecule has 0 aromatic carbocycles. The van der Waals surface area contributed by atoms with Gasteiger partial charge in [-0.1, -0.05) is 13.8 Å². The second-order valence-electron chi connectivity index (χ2n) is 4.94. The molecule has 13 heavy (non-hydrogen) atoms. The summed E-state index contributed by atoms with van der Waals surface area (Å²) >= 11 is 0. The molecule has 78 valence electrons. The van der Waals surface area contributed by atoms with Crippen LogP contribution in [0, 0.1) is 5.41 Å². The predicted molar refractivity (Wildman–Crippen MR) is 53.7 cm³/mol. The molecule has 0 saturated heterocycles. The molecule has 1 saturated carbocycles. The van der Waals surface area contributed by atoms with Crippen LogP contribution in [0.5, 0.6) is 0 Å². The lowest BCUT2D eigenvalue weighted by Gasteiger charge is -2.42. The van der Waals surface area contributed by atoms with Gasteiger partial charge in [0.15, 0.2) is 0 Å². The Morgan fingerprint density at radius 1 is 1.15 bits per heavy atom. The second kappa shape index (κ2) is 3.97. The summed E-state index contributed by atoms with van der Waals surface area (Å²) in [5, 5.41) is 9.32. The van der Waals surface area contributed by atoms with E-state index in [4.69, 9.17) is 4.74 Å². The first-order valence-electron chi connectivity index (χ1n) is 5.28. The smallest absolute Gasteiger partial charge is 0.0912 e.